The second kappa shape index (κ2) is 3.28. The zero-order valence-electron chi connectivity index (χ0n) is 10.7. The first kappa shape index (κ1) is 10.2. The Hall–Kier alpha value is -1.62. The molecular formula is C14H17N5. The summed E-state index contributed by atoms with van der Waals surface area (Å²) in [7, 11) is 0. The zero-order chi connectivity index (χ0) is 12.4. The SMILES string of the molecule is C1=CC2C3n4c(C5CCCNC5)cnc4C=NC23N1. The lowest BCUT2D eigenvalue weighted by atomic mass is 9.96. The quantitative estimate of drug-likeness (QED) is 0.779. The van der Waals surface area contributed by atoms with Crippen LogP contribution in [0.1, 0.15) is 36.3 Å². The lowest BCUT2D eigenvalue weighted by molar-refractivity contribution is 0.428. The van der Waals surface area contributed by atoms with E-state index in [4.69, 9.17) is 4.99 Å². The Morgan fingerprint density at radius 1 is 1.42 bits per heavy atom. The molecule has 0 amide bonds. The van der Waals surface area contributed by atoms with Crippen molar-refractivity contribution in [3.8, 4) is 0 Å². The van der Waals surface area contributed by atoms with E-state index in [0.717, 1.165) is 18.9 Å². The Balaban J connectivity index is 1.59. The monoisotopic (exact) mass is 255 g/mol. The predicted molar refractivity (Wildman–Crippen MR) is 72.2 cm³/mol. The van der Waals surface area contributed by atoms with Gasteiger partial charge < -0.3 is 15.2 Å². The first-order chi connectivity index (χ1) is 9.40. The van der Waals surface area contributed by atoms with Crippen molar-refractivity contribution in [1.29, 1.82) is 0 Å². The number of imidazole rings is 1. The molecule has 5 nitrogen and oxygen atoms in total. The van der Waals surface area contributed by atoms with Crippen molar-refractivity contribution in [2.24, 2.45) is 10.9 Å². The minimum absolute atomic E-state index is 0.0788. The van der Waals surface area contributed by atoms with E-state index in [9.17, 15) is 0 Å². The van der Waals surface area contributed by atoms with Gasteiger partial charge in [0.25, 0.3) is 0 Å². The molecule has 1 saturated heterocycles. The van der Waals surface area contributed by atoms with Gasteiger partial charge in [-0.05, 0) is 25.6 Å². The van der Waals surface area contributed by atoms with E-state index >= 15 is 0 Å². The second-order valence-corrected chi connectivity index (χ2v) is 6.01. The molecule has 2 N–H and O–H groups in total. The van der Waals surface area contributed by atoms with E-state index in [1.807, 2.05) is 12.4 Å². The molecular weight excluding hydrogens is 238 g/mol. The molecule has 5 rings (SSSR count). The predicted octanol–water partition coefficient (Wildman–Crippen LogP) is 0.767. The normalized spacial score (nSPS) is 41.4. The third-order valence-corrected chi connectivity index (χ3v) is 5.05. The molecule has 5 heteroatoms. The lowest BCUT2D eigenvalue weighted by Crippen LogP contribution is -2.33. The molecule has 4 atom stereocenters. The number of rotatable bonds is 1. The smallest absolute Gasteiger partial charge is 0.159 e. The van der Waals surface area contributed by atoms with Gasteiger partial charge in [-0.2, -0.15) is 0 Å². The largest absolute Gasteiger partial charge is 0.365 e. The minimum Gasteiger partial charge on any atom is -0.365 e. The number of nitrogens with zero attached hydrogens (tertiary/aromatic N) is 3. The Kier molecular flexibility index (Phi) is 1.76. The van der Waals surface area contributed by atoms with Gasteiger partial charge in [0.05, 0.1) is 12.3 Å². The molecule has 4 aliphatic rings. The van der Waals surface area contributed by atoms with Gasteiger partial charge in [0.2, 0.25) is 0 Å². The molecule has 4 heterocycles. The molecule has 19 heavy (non-hydrogen) atoms. The van der Waals surface area contributed by atoms with Crippen LogP contribution in [0.25, 0.3) is 0 Å². The van der Waals surface area contributed by atoms with Crippen molar-refractivity contribution in [2.75, 3.05) is 13.1 Å². The summed E-state index contributed by atoms with van der Waals surface area (Å²) < 4.78 is 2.44. The Morgan fingerprint density at radius 3 is 3.32 bits per heavy atom. The van der Waals surface area contributed by atoms with Crippen LogP contribution in [-0.4, -0.2) is 34.5 Å². The highest BCUT2D eigenvalue weighted by atomic mass is 15.4. The molecule has 1 aliphatic carbocycles. The number of piperidine rings is 1. The van der Waals surface area contributed by atoms with E-state index in [0.29, 0.717) is 17.9 Å². The minimum atomic E-state index is -0.0788. The average molecular weight is 255 g/mol. The summed E-state index contributed by atoms with van der Waals surface area (Å²) in [6, 6.07) is 0.442. The number of hydrogen-bond acceptors (Lipinski definition) is 4. The number of aliphatic imine (C=N–C) groups is 1. The third-order valence-electron chi connectivity index (χ3n) is 5.05. The van der Waals surface area contributed by atoms with Gasteiger partial charge in [-0.3, -0.25) is 4.99 Å². The zero-order valence-corrected chi connectivity index (χ0v) is 10.7. The maximum Gasteiger partial charge on any atom is 0.159 e. The second-order valence-electron chi connectivity index (χ2n) is 6.01. The summed E-state index contributed by atoms with van der Waals surface area (Å²) in [4.78, 5) is 9.27. The van der Waals surface area contributed by atoms with Crippen LogP contribution < -0.4 is 10.6 Å². The number of nitrogens with one attached hydrogen (secondary N) is 2. The van der Waals surface area contributed by atoms with Gasteiger partial charge >= 0.3 is 0 Å². The van der Waals surface area contributed by atoms with E-state index in [1.165, 1.54) is 18.5 Å². The van der Waals surface area contributed by atoms with Crippen molar-refractivity contribution < 1.29 is 0 Å². The van der Waals surface area contributed by atoms with Crippen LogP contribution in [0.15, 0.2) is 23.5 Å². The van der Waals surface area contributed by atoms with Crippen molar-refractivity contribution in [3.63, 3.8) is 0 Å². The average Bonchev–Trinajstić information content (AvgIpc) is 2.83. The number of aromatic nitrogens is 2. The van der Waals surface area contributed by atoms with E-state index < -0.39 is 0 Å². The van der Waals surface area contributed by atoms with Crippen LogP contribution in [0.4, 0.5) is 0 Å². The third kappa shape index (κ3) is 1.15. The maximum atomic E-state index is 4.70. The van der Waals surface area contributed by atoms with Crippen molar-refractivity contribution in [3.05, 3.63) is 30.0 Å². The highest BCUT2D eigenvalue weighted by Crippen LogP contribution is 2.61. The van der Waals surface area contributed by atoms with E-state index in [-0.39, 0.29) is 5.66 Å². The molecule has 0 bridgehead atoms. The lowest BCUT2D eigenvalue weighted by Gasteiger charge is -2.26. The molecule has 0 aromatic carbocycles. The van der Waals surface area contributed by atoms with Gasteiger partial charge in [0, 0.05) is 30.3 Å². The Bertz CT molecular complexity index is 595. The van der Waals surface area contributed by atoms with Crippen LogP contribution in [0.5, 0.6) is 0 Å². The highest BCUT2D eigenvalue weighted by Gasteiger charge is 2.69. The van der Waals surface area contributed by atoms with Gasteiger partial charge in [-0.1, -0.05) is 6.08 Å². The van der Waals surface area contributed by atoms with Gasteiger partial charge in [-0.25, -0.2) is 4.98 Å². The molecule has 0 radical (unpaired) electrons. The van der Waals surface area contributed by atoms with Crippen LogP contribution in [-0.2, 0) is 0 Å². The molecule has 1 aromatic heterocycles. The maximum absolute atomic E-state index is 4.70. The number of hydrogen-bond donors (Lipinski definition) is 2. The number of fused-ring (bicyclic) bond motifs is 3. The van der Waals surface area contributed by atoms with Gasteiger partial charge in [0.1, 0.15) is 0 Å². The molecule has 3 aliphatic heterocycles. The fraction of sp³-hybridized carbons (Fsp3) is 0.571. The molecule has 98 valence electrons. The molecule has 1 aromatic rings. The van der Waals surface area contributed by atoms with Crippen molar-refractivity contribution in [2.45, 2.75) is 30.5 Å². The fourth-order valence-corrected chi connectivity index (χ4v) is 4.02. The van der Waals surface area contributed by atoms with Crippen LogP contribution in [0.2, 0.25) is 0 Å². The molecule has 1 saturated carbocycles. The van der Waals surface area contributed by atoms with E-state index in [2.05, 4.69) is 32.5 Å². The van der Waals surface area contributed by atoms with Crippen LogP contribution in [0, 0.1) is 5.92 Å². The highest BCUT2D eigenvalue weighted by molar-refractivity contribution is 5.78. The molecule has 2 fully saturated rings. The molecule has 1 spiro atoms. The molecule has 4 unspecified atom stereocenters. The van der Waals surface area contributed by atoms with Crippen molar-refractivity contribution in [1.82, 2.24) is 20.2 Å². The van der Waals surface area contributed by atoms with Gasteiger partial charge in [-0.15, -0.1) is 0 Å². The van der Waals surface area contributed by atoms with E-state index in [1.54, 1.807) is 0 Å². The van der Waals surface area contributed by atoms with Crippen LogP contribution >= 0.6 is 0 Å². The summed E-state index contributed by atoms with van der Waals surface area (Å²) in [6.45, 7) is 2.23. The van der Waals surface area contributed by atoms with Gasteiger partial charge in [0.15, 0.2) is 11.5 Å². The summed E-state index contributed by atoms with van der Waals surface area (Å²) in [5, 5.41) is 6.93. The first-order valence-electron chi connectivity index (χ1n) is 7.17. The Morgan fingerprint density at radius 2 is 2.42 bits per heavy atom. The van der Waals surface area contributed by atoms with Crippen LogP contribution in [0.3, 0.4) is 0 Å². The summed E-state index contributed by atoms with van der Waals surface area (Å²) in [5.41, 5.74) is 1.31. The topological polar surface area (TPSA) is 54.2 Å². The fourth-order valence-electron chi connectivity index (χ4n) is 4.02. The summed E-state index contributed by atoms with van der Waals surface area (Å²) in [6.07, 6.45) is 10.8. The Labute approximate surface area is 111 Å². The van der Waals surface area contributed by atoms with Crippen molar-refractivity contribution >= 4 is 6.21 Å². The first-order valence-corrected chi connectivity index (χ1v) is 7.17. The summed E-state index contributed by atoms with van der Waals surface area (Å²) >= 11 is 0. The standard InChI is InChI=1S/C14H17N5/c1-2-9(6-15-4-1)11-7-16-12-8-18-14-10(3-5-17-14)13(14)19(11)12/h3,5,7-10,13,15,17H,1-2,4,6H2. The summed E-state index contributed by atoms with van der Waals surface area (Å²) in [5.74, 6) is 2.14.